The first-order valence-electron chi connectivity index (χ1n) is 13.1. The lowest BCUT2D eigenvalue weighted by atomic mass is 10.1. The van der Waals surface area contributed by atoms with Gasteiger partial charge in [-0.05, 0) is 59.7 Å². The Morgan fingerprint density at radius 1 is 0.634 bits per heavy atom. The van der Waals surface area contributed by atoms with Crippen molar-refractivity contribution in [2.45, 2.75) is 13.2 Å². The van der Waals surface area contributed by atoms with Crippen LogP contribution in [0, 0.1) is 11.6 Å². The average molecular weight is 546 g/mol. The molecule has 0 aliphatic rings. The number of nitrogens with zero attached hydrogens (tertiary/aromatic N) is 3. The Bertz CT molecular complexity index is 1760. The van der Waals surface area contributed by atoms with Crippen LogP contribution in [0.5, 0.6) is 11.5 Å². The molecule has 6 aromatic rings. The minimum absolute atomic E-state index is 0.186. The van der Waals surface area contributed by atoms with Crippen molar-refractivity contribution in [3.8, 4) is 39.8 Å². The zero-order valence-corrected chi connectivity index (χ0v) is 22.0. The monoisotopic (exact) mass is 545 g/mol. The lowest BCUT2D eigenvalue weighted by Crippen LogP contribution is -2.03. The van der Waals surface area contributed by atoms with Crippen molar-refractivity contribution in [1.82, 2.24) is 14.8 Å². The molecular weight excluding hydrogens is 520 g/mol. The maximum atomic E-state index is 14.7. The second kappa shape index (κ2) is 11.8. The summed E-state index contributed by atoms with van der Waals surface area (Å²) in [4.78, 5) is 4.45. The summed E-state index contributed by atoms with van der Waals surface area (Å²) in [6, 6.07) is 36.1. The molecule has 0 spiro atoms. The number of hydrogen-bond acceptors (Lipinski definition) is 4. The molecule has 0 aliphatic heterocycles. The Morgan fingerprint density at radius 2 is 1.32 bits per heavy atom. The van der Waals surface area contributed by atoms with Gasteiger partial charge < -0.3 is 9.47 Å². The Kier molecular flexibility index (Phi) is 7.49. The van der Waals surface area contributed by atoms with Crippen molar-refractivity contribution in [2.24, 2.45) is 0 Å². The van der Waals surface area contributed by atoms with E-state index >= 15 is 0 Å². The Balaban J connectivity index is 1.41. The lowest BCUT2D eigenvalue weighted by Gasteiger charge is -2.15. The highest BCUT2D eigenvalue weighted by atomic mass is 19.1. The van der Waals surface area contributed by atoms with Gasteiger partial charge in [0.25, 0.3) is 0 Å². The molecule has 2 heterocycles. The van der Waals surface area contributed by atoms with Gasteiger partial charge in [-0.15, -0.1) is 0 Å². The normalized spacial score (nSPS) is 10.9. The van der Waals surface area contributed by atoms with Crippen LogP contribution in [0.4, 0.5) is 8.78 Å². The first-order chi connectivity index (χ1) is 20.1. The predicted molar refractivity (Wildman–Crippen MR) is 154 cm³/mol. The minimum Gasteiger partial charge on any atom is -0.485 e. The van der Waals surface area contributed by atoms with Crippen LogP contribution in [0.3, 0.4) is 0 Å². The number of benzene rings is 4. The molecule has 0 bridgehead atoms. The van der Waals surface area contributed by atoms with E-state index < -0.39 is 11.6 Å². The molecule has 202 valence electrons. The van der Waals surface area contributed by atoms with Gasteiger partial charge in [-0.3, -0.25) is 0 Å². The van der Waals surface area contributed by atoms with E-state index in [0.29, 0.717) is 41.9 Å². The average Bonchev–Trinajstić information content (AvgIpc) is 3.46. The molecule has 7 heteroatoms. The molecule has 0 unspecified atom stereocenters. The zero-order valence-electron chi connectivity index (χ0n) is 22.0. The molecule has 5 nitrogen and oxygen atoms in total. The van der Waals surface area contributed by atoms with Gasteiger partial charge in [-0.25, -0.2) is 18.4 Å². The third kappa shape index (κ3) is 5.99. The molecule has 0 N–H and O–H groups in total. The molecule has 4 aromatic carbocycles. The molecule has 0 fully saturated rings. The molecular formula is C34H25F2N3O2. The van der Waals surface area contributed by atoms with Crippen molar-refractivity contribution < 1.29 is 18.3 Å². The highest BCUT2D eigenvalue weighted by Gasteiger charge is 2.18. The first-order valence-corrected chi connectivity index (χ1v) is 13.1. The number of hydrogen-bond donors (Lipinski definition) is 0. The molecule has 2 aromatic heterocycles. The Morgan fingerprint density at radius 3 is 1.98 bits per heavy atom. The van der Waals surface area contributed by atoms with E-state index in [1.54, 1.807) is 16.9 Å². The van der Waals surface area contributed by atoms with Gasteiger partial charge in [0.15, 0.2) is 17.3 Å². The number of ether oxygens (including phenoxy) is 2. The van der Waals surface area contributed by atoms with E-state index in [-0.39, 0.29) is 5.56 Å². The molecule has 0 amide bonds. The quantitative estimate of drug-likeness (QED) is 0.185. The van der Waals surface area contributed by atoms with Gasteiger partial charge in [0.1, 0.15) is 24.8 Å². The fourth-order valence-electron chi connectivity index (χ4n) is 4.44. The molecule has 0 atom stereocenters. The van der Waals surface area contributed by atoms with Crippen LogP contribution in [-0.2, 0) is 13.2 Å². The van der Waals surface area contributed by atoms with E-state index in [1.165, 1.54) is 12.1 Å². The van der Waals surface area contributed by atoms with Crippen molar-refractivity contribution in [3.63, 3.8) is 0 Å². The van der Waals surface area contributed by atoms with Gasteiger partial charge in [-0.2, -0.15) is 5.10 Å². The summed E-state index contributed by atoms with van der Waals surface area (Å²) in [5, 5.41) is 4.66. The Labute approximate surface area is 236 Å². The lowest BCUT2D eigenvalue weighted by molar-refractivity contribution is 0.256. The van der Waals surface area contributed by atoms with Crippen LogP contribution in [0.1, 0.15) is 11.1 Å². The summed E-state index contributed by atoms with van der Waals surface area (Å²) in [7, 11) is 0. The SMILES string of the molecule is Fc1ccc(-c2cc(-c3ccc(OCc4ccccc4)c(OCc4ccccc4)c3)n(-c3ccccn3)n2)c(F)c1. The van der Waals surface area contributed by atoms with Gasteiger partial charge in [0.05, 0.1) is 11.4 Å². The number of rotatable bonds is 9. The minimum atomic E-state index is -0.696. The summed E-state index contributed by atoms with van der Waals surface area (Å²) < 4.78 is 42.5. The topological polar surface area (TPSA) is 49.2 Å². The van der Waals surface area contributed by atoms with E-state index in [9.17, 15) is 8.78 Å². The zero-order chi connectivity index (χ0) is 28.0. The molecule has 6 rings (SSSR count). The Hall–Kier alpha value is -5.30. The maximum Gasteiger partial charge on any atom is 0.162 e. The first kappa shape index (κ1) is 26.0. The maximum absolute atomic E-state index is 14.7. The van der Waals surface area contributed by atoms with Crippen molar-refractivity contribution >= 4 is 0 Å². The summed E-state index contributed by atoms with van der Waals surface area (Å²) in [6.45, 7) is 0.722. The van der Waals surface area contributed by atoms with Crippen LogP contribution in [0.15, 0.2) is 128 Å². The standard InChI is InChI=1S/C34H25F2N3O2/c35-27-15-16-28(29(36)20-27)30-21-31(39(38-30)34-13-7-8-18-37-34)26-14-17-32(40-22-24-9-3-1-4-10-24)33(19-26)41-23-25-11-5-2-6-12-25/h1-21H,22-23H2. The van der Waals surface area contributed by atoms with Crippen molar-refractivity contribution in [3.05, 3.63) is 150 Å². The van der Waals surface area contributed by atoms with Crippen molar-refractivity contribution in [2.75, 3.05) is 0 Å². The third-order valence-corrected chi connectivity index (χ3v) is 6.50. The second-order valence-electron chi connectivity index (χ2n) is 9.35. The molecule has 0 aliphatic carbocycles. The van der Waals surface area contributed by atoms with Crippen LogP contribution in [0.2, 0.25) is 0 Å². The van der Waals surface area contributed by atoms with Gasteiger partial charge in [-0.1, -0.05) is 66.7 Å². The van der Waals surface area contributed by atoms with E-state index in [0.717, 1.165) is 22.8 Å². The van der Waals surface area contributed by atoms with Crippen LogP contribution < -0.4 is 9.47 Å². The van der Waals surface area contributed by atoms with Gasteiger partial charge >= 0.3 is 0 Å². The predicted octanol–water partition coefficient (Wildman–Crippen LogP) is 8.04. The third-order valence-electron chi connectivity index (χ3n) is 6.50. The summed E-state index contributed by atoms with van der Waals surface area (Å²) in [5.74, 6) is 0.334. The highest BCUT2D eigenvalue weighted by molar-refractivity contribution is 5.72. The number of aromatic nitrogens is 3. The number of halogens is 2. The smallest absolute Gasteiger partial charge is 0.162 e. The van der Waals surface area contributed by atoms with E-state index in [2.05, 4.69) is 10.1 Å². The van der Waals surface area contributed by atoms with Gasteiger partial charge in [0.2, 0.25) is 0 Å². The molecule has 0 radical (unpaired) electrons. The van der Waals surface area contributed by atoms with Crippen LogP contribution in [0.25, 0.3) is 28.3 Å². The summed E-state index contributed by atoms with van der Waals surface area (Å²) in [6.07, 6.45) is 1.66. The fraction of sp³-hybridized carbons (Fsp3) is 0.0588. The molecule has 0 saturated carbocycles. The molecule has 0 saturated heterocycles. The summed E-state index contributed by atoms with van der Waals surface area (Å²) >= 11 is 0. The van der Waals surface area contributed by atoms with E-state index in [4.69, 9.17) is 9.47 Å². The van der Waals surface area contributed by atoms with Crippen LogP contribution >= 0.6 is 0 Å². The largest absolute Gasteiger partial charge is 0.485 e. The van der Waals surface area contributed by atoms with Crippen molar-refractivity contribution in [1.29, 1.82) is 0 Å². The second-order valence-corrected chi connectivity index (χ2v) is 9.35. The summed E-state index contributed by atoms with van der Waals surface area (Å²) in [5.41, 5.74) is 3.99. The fourth-order valence-corrected chi connectivity index (χ4v) is 4.44. The van der Waals surface area contributed by atoms with Gasteiger partial charge in [0, 0.05) is 23.4 Å². The molecule has 41 heavy (non-hydrogen) atoms. The van der Waals surface area contributed by atoms with E-state index in [1.807, 2.05) is 97.1 Å². The highest BCUT2D eigenvalue weighted by Crippen LogP contribution is 2.36. The number of pyridine rings is 1. The van der Waals surface area contributed by atoms with Crippen LogP contribution in [-0.4, -0.2) is 14.8 Å².